The molecule has 0 bridgehead atoms. The summed E-state index contributed by atoms with van der Waals surface area (Å²) in [4.78, 5) is 48.6. The van der Waals surface area contributed by atoms with Crippen LogP contribution >= 0.6 is 12.6 Å². The molecule has 0 unspecified atom stereocenters. The molecule has 0 spiro atoms. The molecule has 184 valence electrons. The molecule has 0 aliphatic rings. The Morgan fingerprint density at radius 3 is 1.91 bits per heavy atom. The third kappa shape index (κ3) is 9.58. The maximum atomic E-state index is 12.9. The molecule has 0 aromatic heterocycles. The smallest absolute Gasteiger partial charge is 0.241 e. The summed E-state index contributed by atoms with van der Waals surface area (Å²) >= 11 is 3.69. The topological polar surface area (TPSA) is 177 Å². The summed E-state index contributed by atoms with van der Waals surface area (Å²) < 4.78 is 0. The number of aliphatic hydroxyl groups excluding tert-OH is 3. The summed E-state index contributed by atoms with van der Waals surface area (Å²) in [6.07, 6.45) is -2.30. The van der Waals surface area contributed by atoms with E-state index in [9.17, 15) is 34.5 Å². The van der Waals surface area contributed by atoms with Gasteiger partial charge in [-0.3, -0.25) is 19.2 Å². The van der Waals surface area contributed by atoms with Crippen molar-refractivity contribution in [2.24, 2.45) is 0 Å². The number of rotatable bonds is 14. The summed E-state index contributed by atoms with van der Waals surface area (Å²) in [5, 5.41) is 33.1. The van der Waals surface area contributed by atoms with Crippen LogP contribution in [0.4, 0.5) is 0 Å². The van der Waals surface area contributed by atoms with E-state index in [1.165, 1.54) is 20.8 Å². The maximum absolute atomic E-state index is 12.9. The molecule has 0 heterocycles. The van der Waals surface area contributed by atoms with Gasteiger partial charge in [-0.1, -0.05) is 30.3 Å². The van der Waals surface area contributed by atoms with Crippen molar-refractivity contribution in [2.45, 2.75) is 63.6 Å². The van der Waals surface area contributed by atoms with Crippen LogP contribution in [0.3, 0.4) is 0 Å². The minimum absolute atomic E-state index is 0.133. The van der Waals surface area contributed by atoms with Crippen molar-refractivity contribution < 1.29 is 34.5 Å². The molecule has 0 radical (unpaired) electrons. The van der Waals surface area contributed by atoms with Crippen LogP contribution < -0.4 is 21.5 Å². The van der Waals surface area contributed by atoms with Gasteiger partial charge in [0.25, 0.3) is 0 Å². The van der Waals surface area contributed by atoms with E-state index in [2.05, 4.69) is 34.1 Å². The standard InChI is InChI=1S/C21H32N4O7S/c1-11(27)16(10-26)22-20(31)17(12(2)28)25-24-15(9-14-7-5-4-6-8-14)19(30)23-18(13(3)29)21(32)33/h4-8,12-13,15-18,24-26,28-29H,9-10H2,1-3H3,(H,22,31)(H,23,30)(H,32,33)/t12-,13-,15+,16+,17+,18+/m1/s1. The van der Waals surface area contributed by atoms with Crippen LogP contribution in [0.15, 0.2) is 30.3 Å². The number of nitrogens with one attached hydrogen (secondary N) is 4. The number of carbonyl (C=O) groups is 4. The van der Waals surface area contributed by atoms with Crippen LogP contribution in [-0.4, -0.2) is 81.0 Å². The number of carbonyl (C=O) groups excluding carboxylic acids is 4. The molecule has 33 heavy (non-hydrogen) atoms. The van der Waals surface area contributed by atoms with E-state index < -0.39 is 65.7 Å². The Kier molecular flexibility index (Phi) is 12.2. The SMILES string of the molecule is CC(=O)[C@H](CO)NC(=O)[C@@H](NN[C@@H](Cc1ccccc1)C(=O)N[C@H](C(=O)S)[C@@H](C)O)[C@@H](C)O. The van der Waals surface area contributed by atoms with E-state index in [1.54, 1.807) is 30.3 Å². The van der Waals surface area contributed by atoms with E-state index in [1.807, 2.05) is 0 Å². The Morgan fingerprint density at radius 1 is 0.879 bits per heavy atom. The van der Waals surface area contributed by atoms with Crippen molar-refractivity contribution in [3.8, 4) is 0 Å². The number of hydrazine groups is 1. The van der Waals surface area contributed by atoms with E-state index in [4.69, 9.17) is 0 Å². The number of benzene rings is 1. The lowest BCUT2D eigenvalue weighted by molar-refractivity contribution is -0.132. The zero-order chi connectivity index (χ0) is 25.1. The minimum atomic E-state index is -1.29. The summed E-state index contributed by atoms with van der Waals surface area (Å²) in [6, 6.07) is 4.18. The van der Waals surface area contributed by atoms with E-state index in [0.717, 1.165) is 5.56 Å². The van der Waals surface area contributed by atoms with Crippen molar-refractivity contribution in [3.63, 3.8) is 0 Å². The van der Waals surface area contributed by atoms with Gasteiger partial charge >= 0.3 is 0 Å². The molecule has 2 amide bonds. The summed E-state index contributed by atoms with van der Waals surface area (Å²) in [5.41, 5.74) is 6.03. The zero-order valence-corrected chi connectivity index (χ0v) is 19.6. The number of hydrogen-bond donors (Lipinski definition) is 8. The van der Waals surface area contributed by atoms with Gasteiger partial charge in [0.1, 0.15) is 24.2 Å². The van der Waals surface area contributed by atoms with Gasteiger partial charge in [-0.25, -0.2) is 10.9 Å². The number of ketones is 1. The van der Waals surface area contributed by atoms with Crippen molar-refractivity contribution in [2.75, 3.05) is 6.61 Å². The minimum Gasteiger partial charge on any atom is -0.394 e. The second-order valence-corrected chi connectivity index (χ2v) is 8.11. The van der Waals surface area contributed by atoms with Gasteiger partial charge in [0.05, 0.1) is 18.8 Å². The first-order valence-corrected chi connectivity index (χ1v) is 10.8. The van der Waals surface area contributed by atoms with Gasteiger partial charge in [0.15, 0.2) is 5.78 Å². The average molecular weight is 485 g/mol. The molecule has 1 rings (SSSR count). The van der Waals surface area contributed by atoms with Crippen molar-refractivity contribution in [1.29, 1.82) is 0 Å². The lowest BCUT2D eigenvalue weighted by atomic mass is 10.0. The predicted octanol–water partition coefficient (Wildman–Crippen LogP) is -2.17. The number of Topliss-reactive ketones (excluding diaryl/α,β-unsaturated/α-hetero) is 1. The molecule has 0 fully saturated rings. The Morgan fingerprint density at radius 2 is 1.45 bits per heavy atom. The molecule has 0 aliphatic carbocycles. The Balaban J connectivity index is 3.02. The third-order valence-electron chi connectivity index (χ3n) is 4.81. The molecule has 1 aromatic carbocycles. The first kappa shape index (κ1) is 28.7. The highest BCUT2D eigenvalue weighted by atomic mass is 32.1. The fraction of sp³-hybridized carbons (Fsp3) is 0.524. The van der Waals surface area contributed by atoms with Crippen LogP contribution in [0.2, 0.25) is 0 Å². The fourth-order valence-electron chi connectivity index (χ4n) is 2.83. The molecular weight excluding hydrogens is 452 g/mol. The van der Waals surface area contributed by atoms with Crippen molar-refractivity contribution in [1.82, 2.24) is 21.5 Å². The number of amides is 2. The summed E-state index contributed by atoms with van der Waals surface area (Å²) in [6.45, 7) is 3.25. The van der Waals surface area contributed by atoms with Crippen LogP contribution in [0.5, 0.6) is 0 Å². The molecule has 6 atom stereocenters. The highest BCUT2D eigenvalue weighted by Crippen LogP contribution is 2.06. The van der Waals surface area contributed by atoms with E-state index >= 15 is 0 Å². The van der Waals surface area contributed by atoms with Gasteiger partial charge in [0, 0.05) is 0 Å². The molecule has 0 saturated carbocycles. The van der Waals surface area contributed by atoms with Gasteiger partial charge in [-0.15, -0.1) is 12.6 Å². The molecule has 0 aliphatic heterocycles. The van der Waals surface area contributed by atoms with Crippen LogP contribution in [0.1, 0.15) is 26.3 Å². The fourth-order valence-corrected chi connectivity index (χ4v) is 3.11. The molecule has 12 heteroatoms. The number of aliphatic hydroxyl groups is 3. The highest BCUT2D eigenvalue weighted by Gasteiger charge is 2.31. The Bertz CT molecular complexity index is 807. The Hall–Kier alpha value is -2.35. The van der Waals surface area contributed by atoms with Gasteiger partial charge in [-0.05, 0) is 32.8 Å². The maximum Gasteiger partial charge on any atom is 0.241 e. The monoisotopic (exact) mass is 484 g/mol. The first-order chi connectivity index (χ1) is 15.5. The second kappa shape index (κ2) is 14.0. The van der Waals surface area contributed by atoms with Gasteiger partial charge in [-0.2, -0.15) is 0 Å². The van der Waals surface area contributed by atoms with Gasteiger partial charge in [0.2, 0.25) is 16.9 Å². The van der Waals surface area contributed by atoms with E-state index in [-0.39, 0.29) is 6.42 Å². The lowest BCUT2D eigenvalue weighted by Gasteiger charge is -2.27. The lowest BCUT2D eigenvalue weighted by Crippen LogP contribution is -2.62. The highest BCUT2D eigenvalue weighted by molar-refractivity contribution is 7.96. The molecule has 11 nitrogen and oxygen atoms in total. The third-order valence-corrected chi connectivity index (χ3v) is 5.09. The predicted molar refractivity (Wildman–Crippen MR) is 123 cm³/mol. The zero-order valence-electron chi connectivity index (χ0n) is 18.7. The number of hydrogen-bond acceptors (Lipinski definition) is 9. The summed E-state index contributed by atoms with van der Waals surface area (Å²) in [5.74, 6) is -1.91. The largest absolute Gasteiger partial charge is 0.394 e. The van der Waals surface area contributed by atoms with Crippen molar-refractivity contribution in [3.05, 3.63) is 35.9 Å². The van der Waals surface area contributed by atoms with Crippen molar-refractivity contribution >= 4 is 35.3 Å². The number of thiol groups is 1. The second-order valence-electron chi connectivity index (χ2n) is 7.67. The quantitative estimate of drug-likeness (QED) is 0.108. The Labute approximate surface area is 197 Å². The molecule has 7 N–H and O–H groups in total. The summed E-state index contributed by atoms with van der Waals surface area (Å²) in [7, 11) is 0. The molecular formula is C21H32N4O7S. The van der Waals surface area contributed by atoms with Crippen LogP contribution in [0, 0.1) is 0 Å². The van der Waals surface area contributed by atoms with E-state index in [0.29, 0.717) is 0 Å². The first-order valence-electron chi connectivity index (χ1n) is 10.3. The normalized spacial score (nSPS) is 16.6. The molecule has 0 saturated heterocycles. The molecule has 1 aromatic rings. The van der Waals surface area contributed by atoms with Gasteiger partial charge < -0.3 is 26.0 Å². The van der Waals surface area contributed by atoms with Crippen LogP contribution in [0.25, 0.3) is 0 Å². The average Bonchev–Trinajstić information content (AvgIpc) is 2.74. The van der Waals surface area contributed by atoms with Crippen LogP contribution in [-0.2, 0) is 25.6 Å².